The zero-order chi connectivity index (χ0) is 17.5. The number of carbonyl (C=O) groups excluding carboxylic acids is 1. The van der Waals surface area contributed by atoms with E-state index in [1.54, 1.807) is 18.2 Å². The standard InChI is InChI=1S/C18H20N2O3S/c1-12-5-4-6-16(9-12)19-18(21)14-7-8-17-15(11-14)10-13(2)20(17)24(3,22)23/h4-9,11,13H,10H2,1-3H3,(H,19,21)/t13-/m0/s1. The van der Waals surface area contributed by atoms with Crippen molar-refractivity contribution in [3.63, 3.8) is 0 Å². The molecule has 1 aliphatic heterocycles. The number of sulfonamides is 1. The van der Waals surface area contributed by atoms with Crippen LogP contribution in [-0.4, -0.2) is 26.6 Å². The molecule has 5 nitrogen and oxygen atoms in total. The number of carbonyl (C=O) groups is 1. The second-order valence-corrected chi connectivity index (χ2v) is 8.14. The van der Waals surface area contributed by atoms with Crippen molar-refractivity contribution in [3.8, 4) is 0 Å². The Morgan fingerprint density at radius 3 is 2.62 bits per heavy atom. The van der Waals surface area contributed by atoms with Crippen LogP contribution in [0.25, 0.3) is 0 Å². The van der Waals surface area contributed by atoms with Crippen molar-refractivity contribution in [2.24, 2.45) is 0 Å². The molecule has 0 radical (unpaired) electrons. The lowest BCUT2D eigenvalue weighted by Crippen LogP contribution is -2.34. The molecule has 1 aliphatic rings. The van der Waals surface area contributed by atoms with E-state index in [1.165, 1.54) is 10.6 Å². The third-order valence-corrected chi connectivity index (χ3v) is 5.40. The summed E-state index contributed by atoms with van der Waals surface area (Å²) in [5.41, 5.74) is 3.88. The van der Waals surface area contributed by atoms with Crippen molar-refractivity contribution < 1.29 is 13.2 Å². The van der Waals surface area contributed by atoms with Crippen molar-refractivity contribution in [1.29, 1.82) is 0 Å². The summed E-state index contributed by atoms with van der Waals surface area (Å²) in [5, 5.41) is 2.87. The highest BCUT2D eigenvalue weighted by atomic mass is 32.2. The van der Waals surface area contributed by atoms with E-state index in [9.17, 15) is 13.2 Å². The smallest absolute Gasteiger partial charge is 0.255 e. The van der Waals surface area contributed by atoms with Gasteiger partial charge in [0.1, 0.15) is 0 Å². The van der Waals surface area contributed by atoms with E-state index >= 15 is 0 Å². The Morgan fingerprint density at radius 1 is 1.21 bits per heavy atom. The highest BCUT2D eigenvalue weighted by Crippen LogP contribution is 2.34. The van der Waals surface area contributed by atoms with Crippen LogP contribution in [0.1, 0.15) is 28.4 Å². The number of rotatable bonds is 3. The van der Waals surface area contributed by atoms with E-state index in [0.29, 0.717) is 17.7 Å². The number of aryl methyl sites for hydroxylation is 1. The van der Waals surface area contributed by atoms with Gasteiger partial charge < -0.3 is 5.32 Å². The minimum atomic E-state index is -3.32. The number of nitrogens with one attached hydrogen (secondary N) is 1. The van der Waals surface area contributed by atoms with Crippen molar-refractivity contribution >= 4 is 27.3 Å². The number of anilines is 2. The minimum absolute atomic E-state index is 0.134. The first-order valence-electron chi connectivity index (χ1n) is 7.76. The summed E-state index contributed by atoms with van der Waals surface area (Å²) in [6.07, 6.45) is 1.81. The summed E-state index contributed by atoms with van der Waals surface area (Å²) >= 11 is 0. The molecule has 6 heteroatoms. The molecular weight excluding hydrogens is 324 g/mol. The maximum atomic E-state index is 12.4. The normalized spacial score (nSPS) is 16.8. The van der Waals surface area contributed by atoms with Crippen LogP contribution < -0.4 is 9.62 Å². The molecule has 126 valence electrons. The van der Waals surface area contributed by atoms with Gasteiger partial charge in [-0.3, -0.25) is 9.10 Å². The molecule has 1 N–H and O–H groups in total. The first-order chi connectivity index (χ1) is 11.3. The minimum Gasteiger partial charge on any atom is -0.322 e. The summed E-state index contributed by atoms with van der Waals surface area (Å²) in [6.45, 7) is 3.83. The molecule has 2 aromatic rings. The summed E-state index contributed by atoms with van der Waals surface area (Å²) < 4.78 is 25.3. The van der Waals surface area contributed by atoms with Crippen molar-refractivity contribution in [2.45, 2.75) is 26.3 Å². The largest absolute Gasteiger partial charge is 0.322 e. The third-order valence-electron chi connectivity index (χ3n) is 4.13. The highest BCUT2D eigenvalue weighted by Gasteiger charge is 2.32. The van der Waals surface area contributed by atoms with E-state index in [1.807, 2.05) is 38.1 Å². The maximum absolute atomic E-state index is 12.4. The number of fused-ring (bicyclic) bond motifs is 1. The van der Waals surface area contributed by atoms with Crippen molar-refractivity contribution in [1.82, 2.24) is 0 Å². The fourth-order valence-electron chi connectivity index (χ4n) is 3.18. The Bertz CT molecular complexity index is 906. The van der Waals surface area contributed by atoms with Crippen LogP contribution in [0, 0.1) is 6.92 Å². The van der Waals surface area contributed by atoms with Gasteiger partial charge >= 0.3 is 0 Å². The molecule has 0 saturated heterocycles. The maximum Gasteiger partial charge on any atom is 0.255 e. The van der Waals surface area contributed by atoms with Crippen LogP contribution in [0.2, 0.25) is 0 Å². The quantitative estimate of drug-likeness (QED) is 0.931. The highest BCUT2D eigenvalue weighted by molar-refractivity contribution is 7.92. The summed E-state index contributed by atoms with van der Waals surface area (Å²) in [5.74, 6) is -0.200. The first-order valence-corrected chi connectivity index (χ1v) is 9.61. The average Bonchev–Trinajstić information content (AvgIpc) is 2.81. The lowest BCUT2D eigenvalue weighted by atomic mass is 10.1. The third kappa shape index (κ3) is 3.14. The molecular formula is C18H20N2O3S. The van der Waals surface area contributed by atoms with Gasteiger partial charge in [0.05, 0.1) is 11.9 Å². The number of hydrogen-bond acceptors (Lipinski definition) is 3. The fourth-order valence-corrected chi connectivity index (χ4v) is 4.44. The molecule has 0 aromatic heterocycles. The van der Waals surface area contributed by atoms with Crippen LogP contribution in [0.15, 0.2) is 42.5 Å². The van der Waals surface area contributed by atoms with Gasteiger partial charge in [-0.15, -0.1) is 0 Å². The molecule has 2 aromatic carbocycles. The molecule has 24 heavy (non-hydrogen) atoms. The Kier molecular flexibility index (Phi) is 4.09. The predicted molar refractivity (Wildman–Crippen MR) is 96.1 cm³/mol. The lowest BCUT2D eigenvalue weighted by molar-refractivity contribution is 0.102. The van der Waals surface area contributed by atoms with E-state index in [0.717, 1.165) is 16.8 Å². The Balaban J connectivity index is 1.87. The second-order valence-electron chi connectivity index (χ2n) is 6.28. The lowest BCUT2D eigenvalue weighted by Gasteiger charge is -2.21. The van der Waals surface area contributed by atoms with Gasteiger partial charge in [0.25, 0.3) is 5.91 Å². The van der Waals surface area contributed by atoms with Crippen molar-refractivity contribution in [2.75, 3.05) is 15.9 Å². The van der Waals surface area contributed by atoms with Gasteiger partial charge in [-0.2, -0.15) is 0 Å². The van der Waals surface area contributed by atoms with Gasteiger partial charge in [0.15, 0.2) is 0 Å². The molecule has 1 heterocycles. The summed E-state index contributed by atoms with van der Waals surface area (Å²) in [4.78, 5) is 12.4. The molecule has 0 saturated carbocycles. The van der Waals surface area contributed by atoms with Crippen molar-refractivity contribution in [3.05, 3.63) is 59.2 Å². The van der Waals surface area contributed by atoms with E-state index < -0.39 is 10.0 Å². The molecule has 0 fully saturated rings. The molecule has 0 unspecified atom stereocenters. The van der Waals surface area contributed by atoms with Crippen LogP contribution in [0.3, 0.4) is 0 Å². The molecule has 0 spiro atoms. The number of nitrogens with zero attached hydrogens (tertiary/aromatic N) is 1. The summed E-state index contributed by atoms with van der Waals surface area (Å²) in [7, 11) is -3.32. The topological polar surface area (TPSA) is 66.5 Å². The Hall–Kier alpha value is -2.34. The SMILES string of the molecule is Cc1cccc(NC(=O)c2ccc3c(c2)C[C@H](C)N3S(C)(=O)=O)c1. The molecule has 1 atom stereocenters. The number of benzene rings is 2. The van der Waals surface area contributed by atoms with E-state index in [2.05, 4.69) is 5.32 Å². The molecule has 0 bridgehead atoms. The van der Waals surface area contributed by atoms with Gasteiger partial charge in [-0.25, -0.2) is 8.42 Å². The zero-order valence-electron chi connectivity index (χ0n) is 13.9. The first kappa shape index (κ1) is 16.5. The molecule has 3 rings (SSSR count). The monoisotopic (exact) mass is 344 g/mol. The Morgan fingerprint density at radius 2 is 1.96 bits per heavy atom. The van der Waals surface area contributed by atoms with Gasteiger partial charge in [0, 0.05) is 17.3 Å². The number of hydrogen-bond donors (Lipinski definition) is 1. The van der Waals surface area contributed by atoms with Crippen LogP contribution >= 0.6 is 0 Å². The molecule has 1 amide bonds. The average molecular weight is 344 g/mol. The second kappa shape index (κ2) is 5.94. The fraction of sp³-hybridized carbons (Fsp3) is 0.278. The van der Waals surface area contributed by atoms with E-state index in [-0.39, 0.29) is 11.9 Å². The van der Waals surface area contributed by atoms with E-state index in [4.69, 9.17) is 0 Å². The molecule has 0 aliphatic carbocycles. The van der Waals surface area contributed by atoms with Gasteiger partial charge in [-0.05, 0) is 61.7 Å². The zero-order valence-corrected chi connectivity index (χ0v) is 14.7. The van der Waals surface area contributed by atoms with Gasteiger partial charge in [-0.1, -0.05) is 12.1 Å². The summed E-state index contributed by atoms with van der Waals surface area (Å²) in [6, 6.07) is 12.6. The Labute approximate surface area is 142 Å². The van der Waals surface area contributed by atoms with Crippen LogP contribution in [-0.2, 0) is 16.4 Å². The van der Waals surface area contributed by atoms with Crippen LogP contribution in [0.4, 0.5) is 11.4 Å². The van der Waals surface area contributed by atoms with Crippen LogP contribution in [0.5, 0.6) is 0 Å². The predicted octanol–water partition coefficient (Wildman–Crippen LogP) is 2.96. The number of amides is 1. The van der Waals surface area contributed by atoms with Gasteiger partial charge in [0.2, 0.25) is 10.0 Å².